The fourth-order valence-electron chi connectivity index (χ4n) is 3.35. The van der Waals surface area contributed by atoms with Crippen LogP contribution in [-0.4, -0.2) is 54.4 Å². The molecule has 1 aromatic carbocycles. The number of hydrogen-bond donors (Lipinski definition) is 1. The molecule has 1 saturated heterocycles. The van der Waals surface area contributed by atoms with Crippen molar-refractivity contribution >= 4 is 17.4 Å². The molecule has 2 aromatic rings. The van der Waals surface area contributed by atoms with E-state index in [-0.39, 0.29) is 12.1 Å². The molecule has 2 heterocycles. The molecule has 0 radical (unpaired) electrons. The third-order valence-corrected chi connectivity index (χ3v) is 5.83. The van der Waals surface area contributed by atoms with Gasteiger partial charge in [-0.05, 0) is 45.2 Å². The summed E-state index contributed by atoms with van der Waals surface area (Å²) in [6.45, 7) is 12.0. The van der Waals surface area contributed by atoms with Gasteiger partial charge < -0.3 is 14.8 Å². The van der Waals surface area contributed by atoms with Gasteiger partial charge in [-0.3, -0.25) is 4.90 Å². The molecule has 0 bridgehead atoms. The third kappa shape index (κ3) is 6.52. The Labute approximate surface area is 177 Å². The Kier molecular flexibility index (Phi) is 7.27. The molecular weight excluding hydrogens is 386 g/mol. The number of ether oxygens (including phenoxy) is 2. The van der Waals surface area contributed by atoms with Crippen molar-refractivity contribution in [1.82, 2.24) is 15.2 Å². The van der Waals surface area contributed by atoms with Gasteiger partial charge in [0.2, 0.25) is 0 Å². The molecule has 1 atom stereocenters. The van der Waals surface area contributed by atoms with Crippen LogP contribution in [0.4, 0.5) is 4.79 Å². The first kappa shape index (κ1) is 21.7. The lowest BCUT2D eigenvalue weighted by Gasteiger charge is -2.29. The van der Waals surface area contributed by atoms with Gasteiger partial charge in [0.1, 0.15) is 5.60 Å². The van der Waals surface area contributed by atoms with Crippen LogP contribution >= 0.6 is 11.3 Å². The van der Waals surface area contributed by atoms with E-state index in [1.165, 1.54) is 4.88 Å². The highest BCUT2D eigenvalue weighted by molar-refractivity contribution is 7.13. The quantitative estimate of drug-likeness (QED) is 0.754. The number of rotatable bonds is 6. The maximum Gasteiger partial charge on any atom is 0.408 e. The van der Waals surface area contributed by atoms with Crippen LogP contribution in [0.3, 0.4) is 0 Å². The van der Waals surface area contributed by atoms with Gasteiger partial charge in [0.05, 0.1) is 35.3 Å². The zero-order valence-electron chi connectivity index (χ0n) is 17.7. The topological polar surface area (TPSA) is 63.7 Å². The number of thiazole rings is 1. The molecule has 1 aliphatic rings. The fraction of sp³-hybridized carbons (Fsp3) is 0.545. The van der Waals surface area contributed by atoms with Crippen molar-refractivity contribution in [1.29, 1.82) is 0 Å². The van der Waals surface area contributed by atoms with Crippen LogP contribution in [-0.2, 0) is 9.47 Å². The molecule has 7 heteroatoms. The van der Waals surface area contributed by atoms with Gasteiger partial charge in [0.15, 0.2) is 0 Å². The number of nitrogens with zero attached hydrogens (tertiary/aromatic N) is 2. The summed E-state index contributed by atoms with van der Waals surface area (Å²) < 4.78 is 10.9. The van der Waals surface area contributed by atoms with E-state index in [0.717, 1.165) is 56.1 Å². The van der Waals surface area contributed by atoms with Crippen LogP contribution in [0, 0.1) is 6.92 Å². The van der Waals surface area contributed by atoms with E-state index in [1.807, 2.05) is 33.2 Å². The average molecular weight is 418 g/mol. The molecule has 0 saturated carbocycles. The second-order valence-electron chi connectivity index (χ2n) is 8.33. The number of alkyl carbamates (subject to hydrolysis) is 1. The Morgan fingerprint density at radius 3 is 2.55 bits per heavy atom. The smallest absolute Gasteiger partial charge is 0.408 e. The third-order valence-electron chi connectivity index (χ3n) is 4.85. The van der Waals surface area contributed by atoms with Crippen molar-refractivity contribution in [3.8, 4) is 10.4 Å². The standard InChI is InChI=1S/C22H31N3O3S/c1-16-20(29-15-23-16)18-7-5-17(6-8-18)19(24-21(26)28-22(2,3)4)9-10-25-11-13-27-14-12-25/h5-8,15,19H,9-14H2,1-4H3,(H,24,26)/t19-/m0/s1. The molecule has 1 fully saturated rings. The number of aryl methyl sites for hydroxylation is 1. The number of carbonyl (C=O) groups excluding carboxylic acids is 1. The first-order valence-corrected chi connectivity index (χ1v) is 11.0. The Bertz CT molecular complexity index is 792. The average Bonchev–Trinajstić information content (AvgIpc) is 3.10. The van der Waals surface area contributed by atoms with E-state index < -0.39 is 5.60 Å². The van der Waals surface area contributed by atoms with Gasteiger partial charge in [-0.2, -0.15) is 0 Å². The van der Waals surface area contributed by atoms with Crippen LogP contribution in [0.2, 0.25) is 0 Å². The zero-order valence-corrected chi connectivity index (χ0v) is 18.6. The van der Waals surface area contributed by atoms with Gasteiger partial charge in [0.25, 0.3) is 0 Å². The minimum Gasteiger partial charge on any atom is -0.444 e. The highest BCUT2D eigenvalue weighted by Gasteiger charge is 2.22. The molecule has 1 aromatic heterocycles. The number of carbonyl (C=O) groups is 1. The fourth-order valence-corrected chi connectivity index (χ4v) is 4.17. The molecule has 6 nitrogen and oxygen atoms in total. The van der Waals surface area contributed by atoms with Crippen molar-refractivity contribution in [2.75, 3.05) is 32.8 Å². The van der Waals surface area contributed by atoms with Crippen molar-refractivity contribution in [3.05, 3.63) is 41.0 Å². The summed E-state index contributed by atoms with van der Waals surface area (Å²) in [6, 6.07) is 8.29. The summed E-state index contributed by atoms with van der Waals surface area (Å²) >= 11 is 1.64. The SMILES string of the molecule is Cc1ncsc1-c1ccc([C@H](CCN2CCOCC2)NC(=O)OC(C)(C)C)cc1. The van der Waals surface area contributed by atoms with Gasteiger partial charge in [0, 0.05) is 19.6 Å². The minimum absolute atomic E-state index is 0.107. The van der Waals surface area contributed by atoms with Gasteiger partial charge >= 0.3 is 6.09 Å². The summed E-state index contributed by atoms with van der Waals surface area (Å²) in [6.07, 6.45) is 0.435. The van der Waals surface area contributed by atoms with E-state index in [9.17, 15) is 4.79 Å². The summed E-state index contributed by atoms with van der Waals surface area (Å²) in [4.78, 5) is 20.3. The van der Waals surface area contributed by atoms with Crippen LogP contribution in [0.5, 0.6) is 0 Å². The molecule has 0 unspecified atom stereocenters. The van der Waals surface area contributed by atoms with E-state index >= 15 is 0 Å². The Hall–Kier alpha value is -1.96. The number of benzene rings is 1. The second kappa shape index (κ2) is 9.69. The summed E-state index contributed by atoms with van der Waals surface area (Å²) in [5, 5.41) is 3.07. The first-order chi connectivity index (χ1) is 13.8. The number of aromatic nitrogens is 1. The predicted molar refractivity (Wildman–Crippen MR) is 116 cm³/mol. The second-order valence-corrected chi connectivity index (χ2v) is 9.19. The van der Waals surface area contributed by atoms with E-state index in [2.05, 4.69) is 39.5 Å². The van der Waals surface area contributed by atoms with Crippen molar-refractivity contribution in [3.63, 3.8) is 0 Å². The molecule has 158 valence electrons. The van der Waals surface area contributed by atoms with Crippen molar-refractivity contribution < 1.29 is 14.3 Å². The van der Waals surface area contributed by atoms with E-state index in [0.29, 0.717) is 0 Å². The predicted octanol–water partition coefficient (Wildman–Crippen LogP) is 4.41. The lowest BCUT2D eigenvalue weighted by molar-refractivity contribution is 0.0341. The molecule has 3 rings (SSSR count). The van der Waals surface area contributed by atoms with Gasteiger partial charge in [-0.1, -0.05) is 24.3 Å². The minimum atomic E-state index is -0.521. The molecule has 0 aliphatic carbocycles. The maximum atomic E-state index is 12.4. The molecule has 0 spiro atoms. The van der Waals surface area contributed by atoms with E-state index in [4.69, 9.17) is 9.47 Å². The number of morpholine rings is 1. The van der Waals surface area contributed by atoms with Crippen LogP contribution < -0.4 is 5.32 Å². The lowest BCUT2D eigenvalue weighted by Crippen LogP contribution is -2.40. The highest BCUT2D eigenvalue weighted by atomic mass is 32.1. The number of hydrogen-bond acceptors (Lipinski definition) is 6. The molecule has 1 amide bonds. The van der Waals surface area contributed by atoms with Crippen LogP contribution in [0.15, 0.2) is 29.8 Å². The first-order valence-electron chi connectivity index (χ1n) is 10.1. The zero-order chi connectivity index (χ0) is 20.9. The Morgan fingerprint density at radius 1 is 1.28 bits per heavy atom. The summed E-state index contributed by atoms with van der Waals surface area (Å²) in [5.41, 5.74) is 4.62. The van der Waals surface area contributed by atoms with Crippen molar-refractivity contribution in [2.45, 2.75) is 45.8 Å². The summed E-state index contributed by atoms with van der Waals surface area (Å²) in [7, 11) is 0. The van der Waals surface area contributed by atoms with Gasteiger partial charge in [-0.25, -0.2) is 9.78 Å². The normalized spacial score (nSPS) is 16.4. The highest BCUT2D eigenvalue weighted by Crippen LogP contribution is 2.29. The monoisotopic (exact) mass is 417 g/mol. The molecule has 29 heavy (non-hydrogen) atoms. The van der Waals surface area contributed by atoms with Crippen LogP contribution in [0.25, 0.3) is 10.4 Å². The van der Waals surface area contributed by atoms with Gasteiger partial charge in [-0.15, -0.1) is 11.3 Å². The molecular formula is C22H31N3O3S. The number of amides is 1. The largest absolute Gasteiger partial charge is 0.444 e. The van der Waals surface area contributed by atoms with Crippen molar-refractivity contribution in [2.24, 2.45) is 0 Å². The summed E-state index contributed by atoms with van der Waals surface area (Å²) in [5.74, 6) is 0. The maximum absolute atomic E-state index is 12.4. The van der Waals surface area contributed by atoms with Crippen LogP contribution in [0.1, 0.15) is 44.5 Å². The van der Waals surface area contributed by atoms with E-state index in [1.54, 1.807) is 11.3 Å². The lowest BCUT2D eigenvalue weighted by atomic mass is 10.0. The molecule has 1 aliphatic heterocycles. The Balaban J connectivity index is 1.72. The molecule has 1 N–H and O–H groups in total. The number of nitrogens with one attached hydrogen (secondary N) is 1. The Morgan fingerprint density at radius 2 is 1.97 bits per heavy atom.